The Hall–Kier alpha value is -2.45. The highest BCUT2D eigenvalue weighted by molar-refractivity contribution is 7.88. The molecule has 1 heterocycles. The van der Waals surface area contributed by atoms with Crippen molar-refractivity contribution in [2.24, 2.45) is 0 Å². The van der Waals surface area contributed by atoms with Gasteiger partial charge in [-0.3, -0.25) is 9.78 Å². The molecule has 7 nitrogen and oxygen atoms in total. The number of carbonyl (C=O) groups excluding carboxylic acids is 1. The highest BCUT2D eigenvalue weighted by atomic mass is 32.2. The lowest BCUT2D eigenvalue weighted by molar-refractivity contribution is -0.117. The van der Waals surface area contributed by atoms with Crippen molar-refractivity contribution >= 4 is 21.6 Å². The molecule has 25 heavy (non-hydrogen) atoms. The summed E-state index contributed by atoms with van der Waals surface area (Å²) in [4.78, 5) is 16.0. The van der Waals surface area contributed by atoms with Gasteiger partial charge in [0.2, 0.25) is 15.9 Å². The van der Waals surface area contributed by atoms with Crippen LogP contribution < -0.4 is 14.8 Å². The number of nitrogens with one attached hydrogen (secondary N) is 2. The Morgan fingerprint density at radius 2 is 1.96 bits per heavy atom. The molecule has 1 aromatic carbocycles. The molecule has 0 saturated carbocycles. The molecule has 1 unspecified atom stereocenters. The van der Waals surface area contributed by atoms with Crippen LogP contribution in [0.3, 0.4) is 0 Å². The van der Waals surface area contributed by atoms with E-state index in [4.69, 9.17) is 4.74 Å². The van der Waals surface area contributed by atoms with Crippen molar-refractivity contribution in [2.75, 3.05) is 11.9 Å². The molecule has 1 atom stereocenters. The third kappa shape index (κ3) is 6.17. The Morgan fingerprint density at radius 1 is 1.24 bits per heavy atom. The van der Waals surface area contributed by atoms with Gasteiger partial charge in [0.25, 0.3) is 0 Å². The van der Waals surface area contributed by atoms with E-state index >= 15 is 0 Å². The molecule has 0 aliphatic carbocycles. The molecule has 1 amide bonds. The van der Waals surface area contributed by atoms with E-state index in [1.54, 1.807) is 42.6 Å². The Kier molecular flexibility index (Phi) is 6.49. The summed E-state index contributed by atoms with van der Waals surface area (Å²) in [5.41, 5.74) is 1.11. The average Bonchev–Trinajstić information content (AvgIpc) is 2.57. The average molecular weight is 363 g/mol. The topological polar surface area (TPSA) is 97.4 Å². The molecule has 0 bridgehead atoms. The standard InChI is InChI=1S/C17H21N3O4S/c1-3-24-16-8-6-14(7-9-16)12-25(22,23)20-13(2)17(21)19-15-5-4-10-18-11-15/h4-11,13,20H,3,12H2,1-2H3,(H,19,21). The van der Waals surface area contributed by atoms with E-state index in [1.807, 2.05) is 6.92 Å². The van der Waals surface area contributed by atoms with E-state index in [-0.39, 0.29) is 5.75 Å². The molecular weight excluding hydrogens is 342 g/mol. The number of pyridine rings is 1. The van der Waals surface area contributed by atoms with Crippen LogP contribution in [0.2, 0.25) is 0 Å². The SMILES string of the molecule is CCOc1ccc(CS(=O)(=O)NC(C)C(=O)Nc2cccnc2)cc1. The van der Waals surface area contributed by atoms with Crippen LogP contribution in [0, 0.1) is 0 Å². The summed E-state index contributed by atoms with van der Waals surface area (Å²) < 4.78 is 32.2. The fourth-order valence-corrected chi connectivity index (χ4v) is 3.48. The molecular formula is C17H21N3O4S. The molecule has 0 aliphatic rings. The first-order valence-electron chi connectivity index (χ1n) is 7.82. The Bertz CT molecular complexity index is 792. The lowest BCUT2D eigenvalue weighted by Crippen LogP contribution is -2.42. The van der Waals surface area contributed by atoms with Crippen LogP contribution in [-0.4, -0.2) is 32.0 Å². The lowest BCUT2D eigenvalue weighted by atomic mass is 10.2. The number of rotatable bonds is 8. The summed E-state index contributed by atoms with van der Waals surface area (Å²) >= 11 is 0. The second-order valence-electron chi connectivity index (χ2n) is 5.41. The van der Waals surface area contributed by atoms with Gasteiger partial charge in [0.05, 0.1) is 30.3 Å². The van der Waals surface area contributed by atoms with Gasteiger partial charge in [-0.05, 0) is 43.7 Å². The minimum absolute atomic E-state index is 0.218. The summed E-state index contributed by atoms with van der Waals surface area (Å²) in [5, 5.41) is 2.60. The predicted octanol–water partition coefficient (Wildman–Crippen LogP) is 1.93. The Labute approximate surface area is 147 Å². The van der Waals surface area contributed by atoms with Gasteiger partial charge >= 0.3 is 0 Å². The highest BCUT2D eigenvalue weighted by Crippen LogP contribution is 2.14. The lowest BCUT2D eigenvalue weighted by Gasteiger charge is -2.14. The molecule has 0 radical (unpaired) electrons. The fourth-order valence-electron chi connectivity index (χ4n) is 2.12. The van der Waals surface area contributed by atoms with E-state index < -0.39 is 22.0 Å². The third-order valence-electron chi connectivity index (χ3n) is 3.27. The van der Waals surface area contributed by atoms with Crippen molar-refractivity contribution < 1.29 is 17.9 Å². The van der Waals surface area contributed by atoms with Crippen molar-refractivity contribution in [3.05, 3.63) is 54.4 Å². The van der Waals surface area contributed by atoms with Crippen LogP contribution in [0.15, 0.2) is 48.8 Å². The number of amides is 1. The zero-order chi connectivity index (χ0) is 18.3. The first-order valence-corrected chi connectivity index (χ1v) is 9.47. The minimum Gasteiger partial charge on any atom is -0.494 e. The van der Waals surface area contributed by atoms with Gasteiger partial charge in [-0.25, -0.2) is 13.1 Å². The number of sulfonamides is 1. The molecule has 0 fully saturated rings. The number of aromatic nitrogens is 1. The number of ether oxygens (including phenoxy) is 1. The molecule has 0 aliphatic heterocycles. The number of benzene rings is 1. The third-order valence-corrected chi connectivity index (χ3v) is 4.70. The number of anilines is 1. The summed E-state index contributed by atoms with van der Waals surface area (Å²) in [6, 6.07) is 9.24. The summed E-state index contributed by atoms with van der Waals surface area (Å²) in [7, 11) is -3.66. The van der Waals surface area contributed by atoms with E-state index in [0.717, 1.165) is 0 Å². The van der Waals surface area contributed by atoms with E-state index in [1.165, 1.54) is 13.1 Å². The van der Waals surface area contributed by atoms with Gasteiger partial charge in [-0.2, -0.15) is 0 Å². The predicted molar refractivity (Wildman–Crippen MR) is 95.7 cm³/mol. The van der Waals surface area contributed by atoms with Crippen LogP contribution in [0.25, 0.3) is 0 Å². The smallest absolute Gasteiger partial charge is 0.242 e. The first-order chi connectivity index (χ1) is 11.9. The van der Waals surface area contributed by atoms with Gasteiger partial charge in [0.15, 0.2) is 0 Å². The van der Waals surface area contributed by atoms with Crippen molar-refractivity contribution in [3.63, 3.8) is 0 Å². The maximum Gasteiger partial charge on any atom is 0.242 e. The second-order valence-corrected chi connectivity index (χ2v) is 7.16. The zero-order valence-corrected chi connectivity index (χ0v) is 14.9. The maximum atomic E-state index is 12.2. The summed E-state index contributed by atoms with van der Waals surface area (Å²) in [6.07, 6.45) is 3.07. The number of hydrogen-bond donors (Lipinski definition) is 2. The fraction of sp³-hybridized carbons (Fsp3) is 0.294. The molecule has 2 rings (SSSR count). The van der Waals surface area contributed by atoms with Crippen LogP contribution in [0.1, 0.15) is 19.4 Å². The molecule has 8 heteroatoms. The summed E-state index contributed by atoms with van der Waals surface area (Å²) in [5.74, 6) is 0.00768. The number of nitrogens with zero attached hydrogens (tertiary/aromatic N) is 1. The second kappa shape index (κ2) is 8.59. The van der Waals surface area contributed by atoms with Crippen LogP contribution in [-0.2, 0) is 20.6 Å². The molecule has 134 valence electrons. The van der Waals surface area contributed by atoms with Crippen LogP contribution in [0.5, 0.6) is 5.75 Å². The Morgan fingerprint density at radius 3 is 2.56 bits per heavy atom. The van der Waals surface area contributed by atoms with Crippen molar-refractivity contribution in [1.82, 2.24) is 9.71 Å². The molecule has 0 saturated heterocycles. The summed E-state index contributed by atoms with van der Waals surface area (Å²) in [6.45, 7) is 3.91. The molecule has 1 aromatic heterocycles. The van der Waals surface area contributed by atoms with Gasteiger partial charge in [-0.1, -0.05) is 12.1 Å². The van der Waals surface area contributed by atoms with E-state index in [0.29, 0.717) is 23.6 Å². The Balaban J connectivity index is 1.94. The highest BCUT2D eigenvalue weighted by Gasteiger charge is 2.20. The van der Waals surface area contributed by atoms with E-state index in [2.05, 4.69) is 15.0 Å². The molecule has 0 spiro atoms. The first kappa shape index (κ1) is 18.9. The van der Waals surface area contributed by atoms with Crippen LogP contribution >= 0.6 is 0 Å². The molecule has 2 N–H and O–H groups in total. The van der Waals surface area contributed by atoms with Crippen molar-refractivity contribution in [2.45, 2.75) is 25.6 Å². The van der Waals surface area contributed by atoms with Crippen molar-refractivity contribution in [1.29, 1.82) is 0 Å². The molecule has 2 aromatic rings. The quantitative estimate of drug-likeness (QED) is 0.747. The minimum atomic E-state index is -3.66. The van der Waals surface area contributed by atoms with Crippen molar-refractivity contribution in [3.8, 4) is 5.75 Å². The largest absolute Gasteiger partial charge is 0.494 e. The maximum absolute atomic E-state index is 12.2. The normalized spacial score (nSPS) is 12.4. The van der Waals surface area contributed by atoms with E-state index in [9.17, 15) is 13.2 Å². The van der Waals surface area contributed by atoms with Gasteiger partial charge in [0.1, 0.15) is 5.75 Å². The van der Waals surface area contributed by atoms with Gasteiger partial charge in [0, 0.05) is 6.20 Å². The van der Waals surface area contributed by atoms with Gasteiger partial charge < -0.3 is 10.1 Å². The number of hydrogen-bond acceptors (Lipinski definition) is 5. The van der Waals surface area contributed by atoms with Crippen LogP contribution in [0.4, 0.5) is 5.69 Å². The monoisotopic (exact) mass is 363 g/mol. The zero-order valence-electron chi connectivity index (χ0n) is 14.1. The van der Waals surface area contributed by atoms with Gasteiger partial charge in [-0.15, -0.1) is 0 Å². The number of carbonyl (C=O) groups is 1.